The van der Waals surface area contributed by atoms with E-state index in [-0.39, 0.29) is 10.8 Å². The molecule has 0 aromatic heterocycles. The monoisotopic (exact) mass is 880 g/mol. The van der Waals surface area contributed by atoms with Crippen molar-refractivity contribution < 1.29 is 0 Å². The van der Waals surface area contributed by atoms with Crippen LogP contribution < -0.4 is 0 Å². The molecule has 11 aromatic carbocycles. The highest BCUT2D eigenvalue weighted by Gasteiger charge is 2.36. The number of benzene rings is 11. The minimum absolute atomic E-state index is 0.0987. The molecule has 0 radical (unpaired) electrons. The Morgan fingerprint density at radius 1 is 0.391 bits per heavy atom. The Hall–Kier alpha value is -7.80. The van der Waals surface area contributed by atoms with Crippen molar-refractivity contribution >= 4 is 54.7 Å². The fourth-order valence-corrected chi connectivity index (χ4v) is 12.4. The van der Waals surface area contributed by atoms with E-state index in [4.69, 9.17) is 0 Å². The second-order valence-corrected chi connectivity index (χ2v) is 21.6. The van der Waals surface area contributed by atoms with Gasteiger partial charge in [0.1, 0.15) is 0 Å². The second kappa shape index (κ2) is 14.6. The SMILES string of the molecule is CC(C)(C)c1cc2ccc3ccc(-c4ccc(-c5ccc6c(c5)C(C)(C)c5cc(-c7ccc(-c8ccc(-c9ccc%10ccc%11c%12c%10c9CC=C%12CC=C%11)cc8)cc7)ccc5-6)cc4)c4ccc(c1)c2c34. The van der Waals surface area contributed by atoms with Crippen molar-refractivity contribution in [2.45, 2.75) is 58.3 Å². The zero-order chi connectivity index (χ0) is 46.3. The third kappa shape index (κ3) is 6.14. The molecule has 0 spiro atoms. The summed E-state index contributed by atoms with van der Waals surface area (Å²) in [5.74, 6) is 0. The fraction of sp³-hybridized carbons (Fsp3) is 0.130. The summed E-state index contributed by atoms with van der Waals surface area (Å²) in [5.41, 5.74) is 25.2. The van der Waals surface area contributed by atoms with Gasteiger partial charge in [-0.2, -0.15) is 0 Å². The molecule has 0 heteroatoms. The van der Waals surface area contributed by atoms with Gasteiger partial charge in [0.2, 0.25) is 0 Å². The van der Waals surface area contributed by atoms with E-state index < -0.39 is 0 Å². The van der Waals surface area contributed by atoms with Crippen molar-refractivity contribution in [3.63, 3.8) is 0 Å². The average Bonchev–Trinajstić information content (AvgIpc) is 3.61. The van der Waals surface area contributed by atoms with E-state index in [0.717, 1.165) is 12.8 Å². The van der Waals surface area contributed by atoms with Gasteiger partial charge < -0.3 is 0 Å². The van der Waals surface area contributed by atoms with Crippen molar-refractivity contribution in [2.75, 3.05) is 0 Å². The number of hydrogen-bond acceptors (Lipinski definition) is 0. The van der Waals surface area contributed by atoms with E-state index >= 15 is 0 Å². The highest BCUT2D eigenvalue weighted by Crippen LogP contribution is 2.51. The Kier molecular flexibility index (Phi) is 8.53. The minimum atomic E-state index is -0.133. The Bertz CT molecular complexity index is 3990. The van der Waals surface area contributed by atoms with E-state index in [1.54, 1.807) is 0 Å². The van der Waals surface area contributed by atoms with Crippen LogP contribution in [0, 0.1) is 0 Å². The highest BCUT2D eigenvalue weighted by atomic mass is 14.4. The third-order valence-electron chi connectivity index (χ3n) is 16.3. The predicted molar refractivity (Wildman–Crippen MR) is 296 cm³/mol. The molecule has 3 aliphatic rings. The summed E-state index contributed by atoms with van der Waals surface area (Å²) in [7, 11) is 0. The van der Waals surface area contributed by atoms with Crippen molar-refractivity contribution in [3.8, 4) is 66.8 Å². The summed E-state index contributed by atoms with van der Waals surface area (Å²) in [4.78, 5) is 0. The van der Waals surface area contributed by atoms with E-state index in [1.807, 2.05) is 0 Å². The van der Waals surface area contributed by atoms with Gasteiger partial charge in [0.15, 0.2) is 0 Å². The lowest BCUT2D eigenvalue weighted by Gasteiger charge is -2.25. The lowest BCUT2D eigenvalue weighted by atomic mass is 9.79. The first-order valence-corrected chi connectivity index (χ1v) is 24.8. The van der Waals surface area contributed by atoms with Gasteiger partial charge in [-0.1, -0.05) is 223 Å². The van der Waals surface area contributed by atoms with E-state index in [0.29, 0.717) is 0 Å². The third-order valence-corrected chi connectivity index (χ3v) is 16.3. The van der Waals surface area contributed by atoms with Gasteiger partial charge in [0.05, 0.1) is 0 Å². The molecule has 0 aliphatic heterocycles. The summed E-state index contributed by atoms with van der Waals surface area (Å²) in [5, 5.41) is 10.8. The highest BCUT2D eigenvalue weighted by molar-refractivity contribution is 6.25. The molecular formula is C69H52. The number of fused-ring (bicyclic) bond motifs is 3. The average molecular weight is 881 g/mol. The smallest absolute Gasteiger partial charge is 0.0159 e. The number of hydrogen-bond donors (Lipinski definition) is 0. The van der Waals surface area contributed by atoms with E-state index in [1.165, 1.54) is 149 Å². The maximum Gasteiger partial charge on any atom is 0.0159 e. The Balaban J connectivity index is 0.721. The van der Waals surface area contributed by atoms with Crippen LogP contribution in [-0.4, -0.2) is 0 Å². The summed E-state index contributed by atoms with van der Waals surface area (Å²) in [6.45, 7) is 11.7. The normalized spacial score (nSPS) is 14.5. The molecule has 0 saturated heterocycles. The molecule has 0 bridgehead atoms. The topological polar surface area (TPSA) is 0 Å². The van der Waals surface area contributed by atoms with Crippen LogP contribution in [0.25, 0.3) is 122 Å². The molecule has 0 N–H and O–H groups in total. The van der Waals surface area contributed by atoms with Gasteiger partial charge in [0, 0.05) is 5.41 Å². The zero-order valence-corrected chi connectivity index (χ0v) is 40.0. The van der Waals surface area contributed by atoms with Crippen LogP contribution in [0.3, 0.4) is 0 Å². The largest absolute Gasteiger partial charge is 0.0795 e. The summed E-state index contributed by atoms with van der Waals surface area (Å²) >= 11 is 0. The van der Waals surface area contributed by atoms with Gasteiger partial charge in [-0.25, -0.2) is 0 Å². The first-order valence-electron chi connectivity index (χ1n) is 24.8. The van der Waals surface area contributed by atoms with Gasteiger partial charge in [-0.05, 0) is 179 Å². The maximum atomic E-state index is 2.46. The lowest BCUT2D eigenvalue weighted by molar-refractivity contribution is 0.591. The Morgan fingerprint density at radius 2 is 0.855 bits per heavy atom. The summed E-state index contributed by atoms with van der Waals surface area (Å²) in [6.07, 6.45) is 9.07. The number of rotatable bonds is 5. The molecule has 0 unspecified atom stereocenters. The van der Waals surface area contributed by atoms with Gasteiger partial charge in [0.25, 0.3) is 0 Å². The standard InChI is InChI=1S/C69H52/c1-68(2,3)55-37-53-24-23-50-26-32-57(61-36-30-54(38-55)65(53)67(50)61)46-19-15-44(16-20-46)52-29-34-59-58-33-28-51(39-62(58)69(4,5)63(59)40-52)43-11-9-41(10-12-43)42-13-17-45(18-14-42)56-31-25-49-22-21-47-7-6-8-48-27-35-60(56)66(49)64(47)48/h6-7,9-34,36-40H,8,35H2,1-5H3. The van der Waals surface area contributed by atoms with E-state index in [2.05, 4.69) is 235 Å². The first kappa shape index (κ1) is 40.3. The molecule has 0 atom stereocenters. The molecule has 0 fully saturated rings. The summed E-state index contributed by atoms with van der Waals surface area (Å²) < 4.78 is 0. The molecule has 0 amide bonds. The van der Waals surface area contributed by atoms with Crippen molar-refractivity contribution in [1.82, 2.24) is 0 Å². The zero-order valence-electron chi connectivity index (χ0n) is 40.0. The molecule has 3 aliphatic carbocycles. The molecule has 0 heterocycles. The lowest BCUT2D eigenvalue weighted by Crippen LogP contribution is -2.15. The predicted octanol–water partition coefficient (Wildman–Crippen LogP) is 19.0. The maximum absolute atomic E-state index is 2.46. The molecule has 69 heavy (non-hydrogen) atoms. The molecule has 328 valence electrons. The minimum Gasteiger partial charge on any atom is -0.0795 e. The van der Waals surface area contributed by atoms with Crippen LogP contribution in [0.1, 0.15) is 74.4 Å². The number of allylic oxidation sites excluding steroid dienone is 3. The van der Waals surface area contributed by atoms with E-state index in [9.17, 15) is 0 Å². The quantitative estimate of drug-likeness (QED) is 0.151. The van der Waals surface area contributed by atoms with Gasteiger partial charge in [-0.15, -0.1) is 0 Å². The van der Waals surface area contributed by atoms with Crippen LogP contribution in [-0.2, 0) is 17.3 Å². The van der Waals surface area contributed by atoms with Crippen LogP contribution in [0.5, 0.6) is 0 Å². The van der Waals surface area contributed by atoms with Crippen LogP contribution in [0.15, 0.2) is 194 Å². The van der Waals surface area contributed by atoms with Crippen molar-refractivity contribution in [3.05, 3.63) is 228 Å². The van der Waals surface area contributed by atoms with Gasteiger partial charge >= 0.3 is 0 Å². The van der Waals surface area contributed by atoms with Crippen LogP contribution >= 0.6 is 0 Å². The van der Waals surface area contributed by atoms with Gasteiger partial charge in [-0.3, -0.25) is 0 Å². The summed E-state index contributed by atoms with van der Waals surface area (Å²) in [6, 6.07) is 69.7. The van der Waals surface area contributed by atoms with Crippen LogP contribution in [0.4, 0.5) is 0 Å². The fourth-order valence-electron chi connectivity index (χ4n) is 12.4. The van der Waals surface area contributed by atoms with Crippen molar-refractivity contribution in [1.29, 1.82) is 0 Å². The molecule has 14 rings (SSSR count). The second-order valence-electron chi connectivity index (χ2n) is 21.6. The Labute approximate surface area is 405 Å². The van der Waals surface area contributed by atoms with Crippen LogP contribution in [0.2, 0.25) is 0 Å². The molecule has 11 aromatic rings. The first-order chi connectivity index (χ1) is 33.5. The molecule has 0 nitrogen and oxygen atoms in total. The van der Waals surface area contributed by atoms with Crippen molar-refractivity contribution in [2.24, 2.45) is 0 Å². The molecule has 0 saturated carbocycles. The molecular weight excluding hydrogens is 829 g/mol. The Morgan fingerprint density at radius 3 is 1.46 bits per heavy atom.